The van der Waals surface area contributed by atoms with Crippen LogP contribution in [0, 0.1) is 5.92 Å². The second-order valence-corrected chi connectivity index (χ2v) is 32.9. The molecule has 600 valence electrons. The number of esters is 4. The van der Waals surface area contributed by atoms with Crippen molar-refractivity contribution in [1.82, 2.24) is 0 Å². The number of aliphatic hydroxyl groups excluding tert-OH is 1. The van der Waals surface area contributed by atoms with Gasteiger partial charge in [-0.3, -0.25) is 37.3 Å². The van der Waals surface area contributed by atoms with Gasteiger partial charge in [-0.05, 0) is 31.6 Å². The molecule has 101 heavy (non-hydrogen) atoms. The predicted molar refractivity (Wildman–Crippen MR) is 414 cm³/mol. The summed E-state index contributed by atoms with van der Waals surface area (Å²) in [6.07, 6.45) is 66.7. The van der Waals surface area contributed by atoms with Crippen molar-refractivity contribution in [3.8, 4) is 0 Å². The van der Waals surface area contributed by atoms with Gasteiger partial charge in [0.2, 0.25) is 0 Å². The van der Waals surface area contributed by atoms with Gasteiger partial charge in [0.25, 0.3) is 0 Å². The van der Waals surface area contributed by atoms with E-state index in [0.717, 1.165) is 95.8 Å². The lowest BCUT2D eigenvalue weighted by molar-refractivity contribution is -0.161. The Morgan fingerprint density at radius 2 is 0.455 bits per heavy atom. The van der Waals surface area contributed by atoms with Crippen LogP contribution < -0.4 is 0 Å². The molecule has 0 aromatic carbocycles. The minimum Gasteiger partial charge on any atom is -0.462 e. The summed E-state index contributed by atoms with van der Waals surface area (Å²) in [4.78, 5) is 73.0. The summed E-state index contributed by atoms with van der Waals surface area (Å²) in [5, 5.41) is 10.6. The van der Waals surface area contributed by atoms with E-state index in [-0.39, 0.29) is 25.7 Å². The van der Waals surface area contributed by atoms with Crippen molar-refractivity contribution in [3.63, 3.8) is 0 Å². The van der Waals surface area contributed by atoms with E-state index in [2.05, 4.69) is 34.6 Å². The number of rotatable bonds is 82. The zero-order chi connectivity index (χ0) is 74.1. The van der Waals surface area contributed by atoms with Gasteiger partial charge in [0.1, 0.15) is 19.3 Å². The molecule has 17 nitrogen and oxygen atoms in total. The number of hydrogen-bond acceptors (Lipinski definition) is 15. The van der Waals surface area contributed by atoms with Gasteiger partial charge in [-0.15, -0.1) is 0 Å². The van der Waals surface area contributed by atoms with Crippen molar-refractivity contribution < 1.29 is 80.2 Å². The minimum atomic E-state index is -4.96. The Kier molecular flexibility index (Phi) is 73.5. The molecule has 0 radical (unpaired) electrons. The van der Waals surface area contributed by atoms with Gasteiger partial charge in [0, 0.05) is 25.7 Å². The van der Waals surface area contributed by atoms with Crippen LogP contribution in [0.15, 0.2) is 0 Å². The van der Waals surface area contributed by atoms with Gasteiger partial charge in [0.15, 0.2) is 12.2 Å². The van der Waals surface area contributed by atoms with Crippen molar-refractivity contribution in [2.75, 3.05) is 39.6 Å². The fraction of sp³-hybridized carbons (Fsp3) is 0.951. The molecule has 19 heteroatoms. The number of unbranched alkanes of at least 4 members (excludes halogenated alkanes) is 54. The Hall–Kier alpha value is -1.94. The molecule has 0 saturated heterocycles. The molecule has 0 aliphatic rings. The van der Waals surface area contributed by atoms with E-state index in [1.165, 1.54) is 263 Å². The molecule has 0 aromatic heterocycles. The molecule has 0 aromatic rings. The second-order valence-electron chi connectivity index (χ2n) is 30.0. The normalized spacial score (nSPS) is 13.8. The Bertz CT molecular complexity index is 1930. The summed E-state index contributed by atoms with van der Waals surface area (Å²) in [6, 6.07) is 0. The number of ether oxygens (including phenoxy) is 4. The first-order chi connectivity index (χ1) is 49.0. The summed E-state index contributed by atoms with van der Waals surface area (Å²) in [5.74, 6) is -1.38. The second kappa shape index (κ2) is 74.9. The molecule has 3 N–H and O–H groups in total. The summed E-state index contributed by atoms with van der Waals surface area (Å²) in [5.41, 5.74) is 0. The van der Waals surface area contributed by atoms with Gasteiger partial charge in [-0.25, -0.2) is 9.13 Å². The molecular weight excluding hydrogens is 1320 g/mol. The van der Waals surface area contributed by atoms with Crippen molar-refractivity contribution in [3.05, 3.63) is 0 Å². The molecule has 0 aliphatic carbocycles. The Balaban J connectivity index is 5.21. The van der Waals surface area contributed by atoms with E-state index in [1.807, 2.05) is 0 Å². The van der Waals surface area contributed by atoms with Gasteiger partial charge < -0.3 is 33.8 Å². The van der Waals surface area contributed by atoms with Gasteiger partial charge in [-0.1, -0.05) is 388 Å². The van der Waals surface area contributed by atoms with Crippen LogP contribution in [0.3, 0.4) is 0 Å². The number of carbonyl (C=O) groups excluding carboxylic acids is 4. The van der Waals surface area contributed by atoms with Crippen LogP contribution in [0.4, 0.5) is 0 Å². The summed E-state index contributed by atoms with van der Waals surface area (Å²) >= 11 is 0. The molecule has 0 heterocycles. The van der Waals surface area contributed by atoms with E-state index < -0.39 is 97.5 Å². The average Bonchev–Trinajstić information content (AvgIpc) is 0.980. The standard InChI is InChI=1S/C82H160O17P2/c1-6-9-12-15-18-21-24-27-29-31-32-33-34-35-36-38-40-43-46-53-58-63-68-82(87)98-77(71-92-79(84)65-60-55-50-44-42-39-37-30-28-25-22-19-16-13-10-7-2)73-96-100(88,89)94-69-76(83)70-95-101(90,91)97-74-78(72-93-80(85)66-61-56-51-48-47-49-54-59-64-75(4)5)99-81(86)67-62-57-52-45-41-26-23-20-17-14-11-8-3/h75-78,83H,6-74H2,1-5H3,(H,88,89)(H,90,91)/t76-,77-,78-/m1/s1. The first-order valence-corrected chi connectivity index (χ1v) is 45.6. The number of phosphoric acid groups is 2. The molecule has 0 bridgehead atoms. The molecular formula is C82H160O17P2. The lowest BCUT2D eigenvalue weighted by atomic mass is 10.0. The van der Waals surface area contributed by atoms with E-state index >= 15 is 0 Å². The van der Waals surface area contributed by atoms with Gasteiger partial charge >= 0.3 is 39.5 Å². The lowest BCUT2D eigenvalue weighted by Crippen LogP contribution is -2.30. The Morgan fingerprint density at radius 1 is 0.267 bits per heavy atom. The van der Waals surface area contributed by atoms with Crippen LogP contribution in [0.1, 0.15) is 439 Å². The monoisotopic (exact) mass is 1480 g/mol. The summed E-state index contributed by atoms with van der Waals surface area (Å²) in [6.45, 7) is 7.30. The van der Waals surface area contributed by atoms with Crippen molar-refractivity contribution in [2.24, 2.45) is 5.92 Å². The highest BCUT2D eigenvalue weighted by atomic mass is 31.2. The third-order valence-electron chi connectivity index (χ3n) is 19.3. The maximum absolute atomic E-state index is 13.1. The van der Waals surface area contributed by atoms with E-state index in [0.29, 0.717) is 25.7 Å². The number of phosphoric ester groups is 2. The van der Waals surface area contributed by atoms with Crippen LogP contribution in [0.5, 0.6) is 0 Å². The predicted octanol–water partition coefficient (Wildman–Crippen LogP) is 24.8. The first-order valence-electron chi connectivity index (χ1n) is 42.6. The topological polar surface area (TPSA) is 237 Å². The van der Waals surface area contributed by atoms with Gasteiger partial charge in [-0.2, -0.15) is 0 Å². The molecule has 2 unspecified atom stereocenters. The zero-order valence-electron chi connectivity index (χ0n) is 66.1. The molecule has 0 amide bonds. The van der Waals surface area contributed by atoms with Crippen molar-refractivity contribution in [2.45, 2.75) is 457 Å². The Labute approximate surface area is 619 Å². The average molecular weight is 1480 g/mol. The van der Waals surface area contributed by atoms with Gasteiger partial charge in [0.05, 0.1) is 26.4 Å². The number of hydrogen-bond donors (Lipinski definition) is 3. The molecule has 0 saturated carbocycles. The maximum atomic E-state index is 13.1. The fourth-order valence-electron chi connectivity index (χ4n) is 12.8. The first kappa shape index (κ1) is 99.1. The zero-order valence-corrected chi connectivity index (χ0v) is 67.8. The van der Waals surface area contributed by atoms with E-state index in [9.17, 15) is 43.2 Å². The maximum Gasteiger partial charge on any atom is 0.472 e. The highest BCUT2D eigenvalue weighted by molar-refractivity contribution is 7.47. The number of aliphatic hydroxyl groups is 1. The smallest absolute Gasteiger partial charge is 0.462 e. The summed E-state index contributed by atoms with van der Waals surface area (Å²) < 4.78 is 68.7. The Morgan fingerprint density at radius 3 is 0.673 bits per heavy atom. The van der Waals surface area contributed by atoms with E-state index in [1.54, 1.807) is 0 Å². The summed E-state index contributed by atoms with van der Waals surface area (Å²) in [7, 11) is -9.92. The van der Waals surface area contributed by atoms with Crippen molar-refractivity contribution in [1.29, 1.82) is 0 Å². The molecule has 0 spiro atoms. The fourth-order valence-corrected chi connectivity index (χ4v) is 14.3. The molecule has 0 aliphatic heterocycles. The SMILES string of the molecule is CCCCCCCCCCCCCCCCCCCCCCCCC(=O)O[C@H](COC(=O)CCCCCCCCCCCCCCCCCC)COP(=O)(O)OC[C@@H](O)COP(=O)(O)OC[C@@H](COC(=O)CCCCCCCCCCC(C)C)OC(=O)CCCCCCCCCCCCCC. The quantitative estimate of drug-likeness (QED) is 0.0222. The molecule has 5 atom stereocenters. The van der Waals surface area contributed by atoms with Crippen LogP contribution >= 0.6 is 15.6 Å². The highest BCUT2D eigenvalue weighted by Gasteiger charge is 2.30. The number of carbonyl (C=O) groups is 4. The van der Waals surface area contributed by atoms with E-state index in [4.69, 9.17) is 37.0 Å². The lowest BCUT2D eigenvalue weighted by Gasteiger charge is -2.21. The minimum absolute atomic E-state index is 0.107. The molecule has 0 rings (SSSR count). The van der Waals surface area contributed by atoms with Crippen LogP contribution in [0.2, 0.25) is 0 Å². The van der Waals surface area contributed by atoms with Crippen molar-refractivity contribution >= 4 is 39.5 Å². The largest absolute Gasteiger partial charge is 0.472 e. The third kappa shape index (κ3) is 76.1. The highest BCUT2D eigenvalue weighted by Crippen LogP contribution is 2.45. The molecule has 0 fully saturated rings. The van der Waals surface area contributed by atoms with Crippen LogP contribution in [0.25, 0.3) is 0 Å². The third-order valence-corrected chi connectivity index (χ3v) is 21.2. The van der Waals surface area contributed by atoms with Crippen LogP contribution in [-0.4, -0.2) is 96.7 Å². The van der Waals surface area contributed by atoms with Crippen LogP contribution in [-0.2, 0) is 65.4 Å².